The van der Waals surface area contributed by atoms with Crippen molar-refractivity contribution in [2.75, 3.05) is 11.1 Å². The van der Waals surface area contributed by atoms with Crippen LogP contribution in [0.15, 0.2) is 41.0 Å². The van der Waals surface area contributed by atoms with Crippen LogP contribution in [-0.4, -0.2) is 17.1 Å². The molecule has 1 aromatic carbocycles. The van der Waals surface area contributed by atoms with Crippen molar-refractivity contribution in [3.05, 3.63) is 47.9 Å². The summed E-state index contributed by atoms with van der Waals surface area (Å²) in [5, 5.41) is 12.2. The van der Waals surface area contributed by atoms with Gasteiger partial charge in [0.15, 0.2) is 0 Å². The predicted octanol–water partition coefficient (Wildman–Crippen LogP) is 2.60. The average Bonchev–Trinajstić information content (AvgIpc) is 2.84. The molecule has 0 aliphatic carbocycles. The van der Waals surface area contributed by atoms with Crippen LogP contribution in [0.25, 0.3) is 0 Å². The van der Waals surface area contributed by atoms with Crippen LogP contribution in [0.2, 0.25) is 0 Å². The summed E-state index contributed by atoms with van der Waals surface area (Å²) in [6.07, 6.45) is 2.32. The summed E-state index contributed by atoms with van der Waals surface area (Å²) in [6, 6.07) is 8.73. The van der Waals surface area contributed by atoms with E-state index in [-0.39, 0.29) is 17.3 Å². The highest BCUT2D eigenvalue weighted by atomic mass is 16.4. The molecule has 2 aromatic rings. The molecule has 1 aromatic heterocycles. The molecule has 0 saturated carbocycles. The van der Waals surface area contributed by atoms with E-state index in [0.717, 1.165) is 5.76 Å². The fraction of sp³-hybridized carbons (Fsp3) is 0.214. The highest BCUT2D eigenvalue weighted by Gasteiger charge is 2.13. The standard InChI is InChI=1S/C14H16N2O3/c1-9(8-10-4-3-7-19-10)16-12-6-2-5-11(13(12)15)14(17)18/h2-7,9,16H,8,15H2,1H3,(H,17,18). The third-order valence-electron chi connectivity index (χ3n) is 2.83. The van der Waals surface area contributed by atoms with E-state index in [9.17, 15) is 4.79 Å². The number of carbonyl (C=O) groups is 1. The van der Waals surface area contributed by atoms with Gasteiger partial charge in [0.25, 0.3) is 0 Å². The number of nitrogens with two attached hydrogens (primary N) is 1. The number of furan rings is 1. The number of rotatable bonds is 5. The van der Waals surface area contributed by atoms with Crippen LogP contribution in [0, 0.1) is 0 Å². The van der Waals surface area contributed by atoms with Gasteiger partial charge in [-0.3, -0.25) is 0 Å². The van der Waals surface area contributed by atoms with Crippen molar-refractivity contribution in [1.29, 1.82) is 0 Å². The van der Waals surface area contributed by atoms with Gasteiger partial charge in [-0.15, -0.1) is 0 Å². The Hall–Kier alpha value is -2.43. The molecule has 0 spiro atoms. The maximum Gasteiger partial charge on any atom is 0.337 e. The van der Waals surface area contributed by atoms with Gasteiger partial charge in [0.2, 0.25) is 0 Å². The van der Waals surface area contributed by atoms with Crippen molar-refractivity contribution in [2.45, 2.75) is 19.4 Å². The number of para-hydroxylation sites is 1. The number of carboxylic acid groups (broad SMARTS) is 1. The fourth-order valence-electron chi connectivity index (χ4n) is 1.92. The van der Waals surface area contributed by atoms with Crippen LogP contribution < -0.4 is 11.1 Å². The van der Waals surface area contributed by atoms with Crippen molar-refractivity contribution < 1.29 is 14.3 Å². The normalized spacial score (nSPS) is 12.1. The zero-order valence-electron chi connectivity index (χ0n) is 10.6. The van der Waals surface area contributed by atoms with E-state index < -0.39 is 5.97 Å². The maximum absolute atomic E-state index is 11.0. The zero-order chi connectivity index (χ0) is 13.8. The Morgan fingerprint density at radius 2 is 2.21 bits per heavy atom. The van der Waals surface area contributed by atoms with Gasteiger partial charge < -0.3 is 20.6 Å². The van der Waals surface area contributed by atoms with E-state index in [4.69, 9.17) is 15.3 Å². The second kappa shape index (κ2) is 5.48. The van der Waals surface area contributed by atoms with Gasteiger partial charge in [0.05, 0.1) is 23.2 Å². The van der Waals surface area contributed by atoms with Crippen LogP contribution in [0.4, 0.5) is 11.4 Å². The third-order valence-corrected chi connectivity index (χ3v) is 2.83. The molecule has 5 heteroatoms. The maximum atomic E-state index is 11.0. The molecule has 100 valence electrons. The lowest BCUT2D eigenvalue weighted by Gasteiger charge is -2.16. The second-order valence-electron chi connectivity index (χ2n) is 4.40. The number of aromatic carboxylic acids is 1. The number of benzene rings is 1. The summed E-state index contributed by atoms with van der Waals surface area (Å²) in [7, 11) is 0. The molecule has 0 bridgehead atoms. The fourth-order valence-corrected chi connectivity index (χ4v) is 1.92. The summed E-state index contributed by atoms with van der Waals surface area (Å²) in [6.45, 7) is 1.98. The molecule has 1 heterocycles. The third kappa shape index (κ3) is 3.07. The first-order chi connectivity index (χ1) is 9.08. The summed E-state index contributed by atoms with van der Waals surface area (Å²) < 4.78 is 5.27. The molecule has 0 aliphatic rings. The van der Waals surface area contributed by atoms with E-state index in [1.54, 1.807) is 18.4 Å². The first-order valence-electron chi connectivity index (χ1n) is 5.98. The molecule has 19 heavy (non-hydrogen) atoms. The van der Waals surface area contributed by atoms with Crippen LogP contribution in [0.1, 0.15) is 23.0 Å². The van der Waals surface area contributed by atoms with E-state index in [1.807, 2.05) is 19.1 Å². The summed E-state index contributed by atoms with van der Waals surface area (Å²) in [4.78, 5) is 11.0. The van der Waals surface area contributed by atoms with Gasteiger partial charge in [0.1, 0.15) is 5.76 Å². The molecule has 2 rings (SSSR count). The summed E-state index contributed by atoms with van der Waals surface area (Å²) >= 11 is 0. The molecule has 0 radical (unpaired) electrons. The molecular formula is C14H16N2O3. The van der Waals surface area contributed by atoms with Crippen LogP contribution in [0.3, 0.4) is 0 Å². The Balaban J connectivity index is 2.10. The average molecular weight is 260 g/mol. The van der Waals surface area contributed by atoms with Gasteiger partial charge in [-0.1, -0.05) is 6.07 Å². The minimum Gasteiger partial charge on any atom is -0.478 e. The number of nitrogens with one attached hydrogen (secondary N) is 1. The van der Waals surface area contributed by atoms with Crippen LogP contribution >= 0.6 is 0 Å². The lowest BCUT2D eigenvalue weighted by Crippen LogP contribution is -2.19. The van der Waals surface area contributed by atoms with E-state index in [1.165, 1.54) is 6.07 Å². The Kier molecular flexibility index (Phi) is 3.75. The lowest BCUT2D eigenvalue weighted by molar-refractivity contribution is 0.0698. The predicted molar refractivity (Wildman–Crippen MR) is 73.3 cm³/mol. The first kappa shape index (κ1) is 13.0. The molecule has 1 atom stereocenters. The number of hydrogen-bond donors (Lipinski definition) is 3. The molecule has 4 N–H and O–H groups in total. The Bertz CT molecular complexity index is 564. The molecular weight excluding hydrogens is 244 g/mol. The van der Waals surface area contributed by atoms with Gasteiger partial charge >= 0.3 is 5.97 Å². The monoisotopic (exact) mass is 260 g/mol. The van der Waals surface area contributed by atoms with Crippen LogP contribution in [-0.2, 0) is 6.42 Å². The zero-order valence-corrected chi connectivity index (χ0v) is 10.6. The lowest BCUT2D eigenvalue weighted by atomic mass is 10.1. The van der Waals surface area contributed by atoms with Gasteiger partial charge in [-0.2, -0.15) is 0 Å². The van der Waals surface area contributed by atoms with Crippen molar-refractivity contribution in [3.63, 3.8) is 0 Å². The van der Waals surface area contributed by atoms with Crippen molar-refractivity contribution in [2.24, 2.45) is 0 Å². The van der Waals surface area contributed by atoms with Gasteiger partial charge in [-0.05, 0) is 31.2 Å². The van der Waals surface area contributed by atoms with Crippen molar-refractivity contribution >= 4 is 17.3 Å². The van der Waals surface area contributed by atoms with Crippen LogP contribution in [0.5, 0.6) is 0 Å². The second-order valence-corrected chi connectivity index (χ2v) is 4.40. The quantitative estimate of drug-likeness (QED) is 0.719. The molecule has 0 saturated heterocycles. The highest BCUT2D eigenvalue weighted by molar-refractivity contribution is 5.97. The largest absolute Gasteiger partial charge is 0.478 e. The molecule has 0 fully saturated rings. The molecule has 0 amide bonds. The van der Waals surface area contributed by atoms with Crippen molar-refractivity contribution in [1.82, 2.24) is 0 Å². The Labute approximate surface area is 111 Å². The van der Waals surface area contributed by atoms with E-state index in [0.29, 0.717) is 12.1 Å². The Morgan fingerprint density at radius 3 is 2.84 bits per heavy atom. The number of anilines is 2. The summed E-state index contributed by atoms with van der Waals surface area (Å²) in [5.41, 5.74) is 6.82. The minimum atomic E-state index is -1.03. The highest BCUT2D eigenvalue weighted by Crippen LogP contribution is 2.24. The minimum absolute atomic E-state index is 0.0810. The molecule has 0 aliphatic heterocycles. The van der Waals surface area contributed by atoms with Gasteiger partial charge in [0, 0.05) is 12.5 Å². The first-order valence-corrected chi connectivity index (χ1v) is 5.98. The topological polar surface area (TPSA) is 88.5 Å². The summed E-state index contributed by atoms with van der Waals surface area (Å²) in [5.74, 6) is -0.159. The van der Waals surface area contributed by atoms with E-state index in [2.05, 4.69) is 5.32 Å². The van der Waals surface area contributed by atoms with Crippen molar-refractivity contribution in [3.8, 4) is 0 Å². The van der Waals surface area contributed by atoms with Gasteiger partial charge in [-0.25, -0.2) is 4.79 Å². The SMILES string of the molecule is CC(Cc1ccco1)Nc1cccc(C(=O)O)c1N. The smallest absolute Gasteiger partial charge is 0.337 e. The Morgan fingerprint density at radius 1 is 1.42 bits per heavy atom. The molecule has 1 unspecified atom stereocenters. The number of carboxylic acids is 1. The molecule has 5 nitrogen and oxygen atoms in total. The number of hydrogen-bond acceptors (Lipinski definition) is 4. The van der Waals surface area contributed by atoms with E-state index >= 15 is 0 Å². The number of nitrogen functional groups attached to an aromatic ring is 1.